The fourth-order valence-electron chi connectivity index (χ4n) is 0.732. The minimum Gasteiger partial charge on any atom is -0.478 e. The van der Waals surface area contributed by atoms with Gasteiger partial charge >= 0.3 is 11.9 Å². The Hall–Kier alpha value is -3.15. The number of rotatable bonds is 4. The molecule has 0 unspecified atom stereocenters. The Bertz CT molecular complexity index is 490. The van der Waals surface area contributed by atoms with Crippen molar-refractivity contribution in [3.05, 3.63) is 67.3 Å². The van der Waals surface area contributed by atoms with Gasteiger partial charge in [-0.25, -0.2) is 9.59 Å². The molecule has 0 heterocycles. The Morgan fingerprint density at radius 3 is 1.52 bits per heavy atom. The molecule has 1 rings (SSSR count). The van der Waals surface area contributed by atoms with Crippen LogP contribution in [0.5, 0.6) is 0 Å². The lowest BCUT2D eigenvalue weighted by atomic mass is 10.2. The quantitative estimate of drug-likeness (QED) is 0.730. The zero-order valence-electron chi connectivity index (χ0n) is 11.3. The zero-order valence-corrected chi connectivity index (χ0v) is 11.3. The van der Waals surface area contributed by atoms with Crippen molar-refractivity contribution in [2.24, 2.45) is 5.73 Å². The molecule has 0 aromatic heterocycles. The Balaban J connectivity index is 0. The maximum Gasteiger partial charge on any atom is 0.328 e. The van der Waals surface area contributed by atoms with Gasteiger partial charge in [0.15, 0.2) is 0 Å². The molecule has 0 radical (unpaired) electrons. The van der Waals surface area contributed by atoms with Crippen LogP contribution >= 0.6 is 0 Å². The van der Waals surface area contributed by atoms with E-state index in [1.165, 1.54) is 5.56 Å². The van der Waals surface area contributed by atoms with Crippen LogP contribution in [0.15, 0.2) is 61.7 Å². The van der Waals surface area contributed by atoms with Gasteiger partial charge in [0.25, 0.3) is 0 Å². The van der Waals surface area contributed by atoms with E-state index in [2.05, 4.69) is 18.9 Å². The van der Waals surface area contributed by atoms with E-state index in [1.807, 2.05) is 36.4 Å². The highest BCUT2D eigenvalue weighted by Crippen LogP contribution is 1.97. The molecule has 6 nitrogen and oxygen atoms in total. The van der Waals surface area contributed by atoms with Crippen molar-refractivity contribution in [2.45, 2.75) is 0 Å². The van der Waals surface area contributed by atoms with Gasteiger partial charge in [-0.2, -0.15) is 0 Å². The zero-order chi connectivity index (χ0) is 16.7. The Labute approximate surface area is 122 Å². The number of carbonyl (C=O) groups is 3. The minimum atomic E-state index is -1.26. The van der Waals surface area contributed by atoms with E-state index in [1.54, 1.807) is 0 Å². The second-order valence-electron chi connectivity index (χ2n) is 3.23. The summed E-state index contributed by atoms with van der Waals surface area (Å²) in [5.41, 5.74) is 5.71. The molecular formula is C15H17NO5. The largest absolute Gasteiger partial charge is 0.478 e. The summed E-state index contributed by atoms with van der Waals surface area (Å²) in [4.78, 5) is 28.6. The summed E-state index contributed by atoms with van der Waals surface area (Å²) in [5.74, 6) is -3.00. The predicted octanol–water partition coefficient (Wildman–Crippen LogP) is 1.70. The molecular weight excluding hydrogens is 274 g/mol. The van der Waals surface area contributed by atoms with Crippen LogP contribution in [0.2, 0.25) is 0 Å². The summed E-state index contributed by atoms with van der Waals surface area (Å²) in [6, 6.07) is 10.0. The van der Waals surface area contributed by atoms with E-state index in [0.717, 1.165) is 6.08 Å². The average Bonchev–Trinajstić information content (AvgIpc) is 2.47. The summed E-state index contributed by atoms with van der Waals surface area (Å²) in [6.07, 6.45) is 4.00. The topological polar surface area (TPSA) is 118 Å². The lowest BCUT2D eigenvalue weighted by Gasteiger charge is -1.85. The van der Waals surface area contributed by atoms with Gasteiger partial charge in [0.2, 0.25) is 5.91 Å². The number of carboxylic acids is 2. The number of carbonyl (C=O) groups excluding carboxylic acids is 1. The molecule has 112 valence electrons. The van der Waals surface area contributed by atoms with Gasteiger partial charge in [-0.05, 0) is 11.6 Å². The van der Waals surface area contributed by atoms with Crippen LogP contribution in [-0.2, 0) is 14.4 Å². The standard InChI is InChI=1S/C8H8.C4H4O4.C3H5NO/c1-2-8-6-4-3-5-7-8;5-3(6)1-2-4(7)8;1-2-3(4)5/h2-7H,1H2;1-2H,(H,5,6)(H,7,8);2H,1H2,(H2,4,5). The number of primary amides is 1. The van der Waals surface area contributed by atoms with Crippen LogP contribution in [0, 0.1) is 0 Å². The highest BCUT2D eigenvalue weighted by atomic mass is 16.4. The van der Waals surface area contributed by atoms with Crippen LogP contribution in [0.25, 0.3) is 6.08 Å². The number of nitrogens with two attached hydrogens (primary N) is 1. The van der Waals surface area contributed by atoms with E-state index in [-0.39, 0.29) is 0 Å². The van der Waals surface area contributed by atoms with E-state index in [4.69, 9.17) is 10.2 Å². The smallest absolute Gasteiger partial charge is 0.328 e. The lowest BCUT2D eigenvalue weighted by Crippen LogP contribution is -2.04. The molecule has 0 fully saturated rings. The number of carboxylic acid groups (broad SMARTS) is 2. The SMILES string of the molecule is C=CC(N)=O.C=Cc1ccccc1.O=C(O)C=CC(=O)O. The van der Waals surface area contributed by atoms with Crippen LogP contribution in [0.1, 0.15) is 5.56 Å². The first-order valence-electron chi connectivity index (χ1n) is 5.56. The summed E-state index contributed by atoms with van der Waals surface area (Å²) < 4.78 is 0. The first-order valence-corrected chi connectivity index (χ1v) is 5.56. The Morgan fingerprint density at radius 1 is 0.952 bits per heavy atom. The number of amides is 1. The van der Waals surface area contributed by atoms with Gasteiger partial charge in [0.1, 0.15) is 0 Å². The van der Waals surface area contributed by atoms with Crippen molar-refractivity contribution >= 4 is 23.9 Å². The summed E-state index contributed by atoms with van der Waals surface area (Å²) in [7, 11) is 0. The van der Waals surface area contributed by atoms with E-state index < -0.39 is 17.8 Å². The van der Waals surface area contributed by atoms with Crippen molar-refractivity contribution in [1.82, 2.24) is 0 Å². The first kappa shape index (κ1) is 20.2. The van der Waals surface area contributed by atoms with Gasteiger partial charge in [0, 0.05) is 12.2 Å². The maximum absolute atomic E-state index is 9.55. The third-order valence-electron chi connectivity index (χ3n) is 1.60. The predicted molar refractivity (Wildman–Crippen MR) is 80.3 cm³/mol. The number of benzene rings is 1. The van der Waals surface area contributed by atoms with E-state index in [9.17, 15) is 14.4 Å². The van der Waals surface area contributed by atoms with Gasteiger partial charge in [-0.1, -0.05) is 49.6 Å². The molecule has 0 aliphatic rings. The molecule has 1 aromatic rings. The molecule has 0 aliphatic carbocycles. The number of aliphatic carboxylic acids is 2. The molecule has 0 saturated heterocycles. The van der Waals surface area contributed by atoms with Gasteiger partial charge < -0.3 is 15.9 Å². The molecule has 0 bridgehead atoms. The summed E-state index contributed by atoms with van der Waals surface area (Å²) in [5, 5.41) is 15.6. The normalized spacial score (nSPS) is 8.38. The van der Waals surface area contributed by atoms with Crippen molar-refractivity contribution < 1.29 is 24.6 Å². The fraction of sp³-hybridized carbons (Fsp3) is 0. The third kappa shape index (κ3) is 19.4. The summed E-state index contributed by atoms with van der Waals surface area (Å²) in [6.45, 7) is 6.72. The molecule has 0 aliphatic heterocycles. The van der Waals surface area contributed by atoms with Crippen molar-refractivity contribution in [3.63, 3.8) is 0 Å². The monoisotopic (exact) mass is 291 g/mol. The lowest BCUT2D eigenvalue weighted by molar-refractivity contribution is -0.134. The molecule has 21 heavy (non-hydrogen) atoms. The molecule has 0 spiro atoms. The fourth-order valence-corrected chi connectivity index (χ4v) is 0.732. The highest BCUT2D eigenvalue weighted by molar-refractivity contribution is 5.89. The van der Waals surface area contributed by atoms with E-state index in [0.29, 0.717) is 12.2 Å². The van der Waals surface area contributed by atoms with Gasteiger partial charge in [0.05, 0.1) is 0 Å². The van der Waals surface area contributed by atoms with E-state index >= 15 is 0 Å². The second-order valence-corrected chi connectivity index (χ2v) is 3.23. The number of hydrogen-bond donors (Lipinski definition) is 3. The molecule has 4 N–H and O–H groups in total. The van der Waals surface area contributed by atoms with Crippen LogP contribution < -0.4 is 5.73 Å². The van der Waals surface area contributed by atoms with Crippen LogP contribution in [0.3, 0.4) is 0 Å². The average molecular weight is 291 g/mol. The summed E-state index contributed by atoms with van der Waals surface area (Å²) >= 11 is 0. The molecule has 0 saturated carbocycles. The molecule has 1 amide bonds. The van der Waals surface area contributed by atoms with Crippen LogP contribution in [-0.4, -0.2) is 28.1 Å². The van der Waals surface area contributed by atoms with Crippen molar-refractivity contribution in [1.29, 1.82) is 0 Å². The maximum atomic E-state index is 9.55. The highest BCUT2D eigenvalue weighted by Gasteiger charge is 1.88. The van der Waals surface area contributed by atoms with Gasteiger partial charge in [-0.15, -0.1) is 0 Å². The molecule has 1 aromatic carbocycles. The van der Waals surface area contributed by atoms with Crippen molar-refractivity contribution in [3.8, 4) is 0 Å². The number of hydrogen-bond acceptors (Lipinski definition) is 3. The molecule has 6 heteroatoms. The van der Waals surface area contributed by atoms with Gasteiger partial charge in [-0.3, -0.25) is 4.79 Å². The Kier molecular flexibility index (Phi) is 12.8. The van der Waals surface area contributed by atoms with Crippen molar-refractivity contribution in [2.75, 3.05) is 0 Å². The molecule has 0 atom stereocenters. The third-order valence-corrected chi connectivity index (χ3v) is 1.60. The van der Waals surface area contributed by atoms with Crippen LogP contribution in [0.4, 0.5) is 0 Å². The minimum absolute atomic E-state index is 0.481. The Morgan fingerprint density at radius 2 is 1.33 bits per heavy atom. The first-order chi connectivity index (χ1) is 9.83. The second kappa shape index (κ2) is 13.3.